The van der Waals surface area contributed by atoms with Gasteiger partial charge in [0.15, 0.2) is 12.5 Å². The molecule has 0 rings (SSSR count). The van der Waals surface area contributed by atoms with Crippen molar-refractivity contribution in [1.29, 1.82) is 0 Å². The van der Waals surface area contributed by atoms with E-state index < -0.39 is 12.5 Å². The zero-order chi connectivity index (χ0) is 15.1. The number of hydrogen-bond donors (Lipinski definition) is 0. The molecule has 0 aliphatic heterocycles. The van der Waals surface area contributed by atoms with Gasteiger partial charge in [-0.05, 0) is 0 Å². The number of ether oxygens (including phenoxy) is 2. The van der Waals surface area contributed by atoms with Crippen LogP contribution in [0.4, 0.5) is 0 Å². The molecule has 0 aliphatic carbocycles. The van der Waals surface area contributed by atoms with Gasteiger partial charge in [-0.2, -0.15) is 9.98 Å². The summed E-state index contributed by atoms with van der Waals surface area (Å²) in [6.07, 6.45) is 3.13. The van der Waals surface area contributed by atoms with Crippen molar-refractivity contribution in [2.45, 2.75) is 12.5 Å². The number of nitrogens with zero attached hydrogens (tertiary/aromatic N) is 4. The van der Waals surface area contributed by atoms with Crippen molar-refractivity contribution in [2.75, 3.05) is 26.3 Å². The molecule has 0 aliphatic rings. The lowest BCUT2D eigenvalue weighted by Gasteiger charge is -2.11. The van der Waals surface area contributed by atoms with Crippen molar-refractivity contribution in [3.8, 4) is 0 Å². The Bertz CT molecular complexity index is 426. The fraction of sp³-hybridized carbons (Fsp3) is 0.600. The maximum absolute atomic E-state index is 10.1. The highest BCUT2D eigenvalue weighted by Gasteiger charge is 2.09. The zero-order valence-corrected chi connectivity index (χ0v) is 10.2. The number of aliphatic imine (C=N–C) groups is 4. The summed E-state index contributed by atoms with van der Waals surface area (Å²) < 4.78 is 10.1. The SMILES string of the molecule is O=C=NCC(N=C=O)OCCOC(CN=C=O)N=C=O. The van der Waals surface area contributed by atoms with Crippen LogP contribution in [0.25, 0.3) is 0 Å². The van der Waals surface area contributed by atoms with Gasteiger partial charge >= 0.3 is 0 Å². The highest BCUT2D eigenvalue weighted by Crippen LogP contribution is 1.97. The summed E-state index contributed by atoms with van der Waals surface area (Å²) in [5, 5.41) is 0. The third kappa shape index (κ3) is 9.47. The molecule has 2 atom stereocenters. The van der Waals surface area contributed by atoms with Crippen LogP contribution in [0, 0.1) is 0 Å². The Morgan fingerprint density at radius 1 is 0.700 bits per heavy atom. The molecule has 2 unspecified atom stereocenters. The van der Waals surface area contributed by atoms with E-state index in [0.29, 0.717) is 0 Å². The predicted octanol–water partition coefficient (Wildman–Crippen LogP) is -0.985. The van der Waals surface area contributed by atoms with E-state index in [1.807, 2.05) is 0 Å². The van der Waals surface area contributed by atoms with Gasteiger partial charge in [0.2, 0.25) is 24.3 Å². The highest BCUT2D eigenvalue weighted by molar-refractivity contribution is 5.35. The second kappa shape index (κ2) is 12.9. The van der Waals surface area contributed by atoms with E-state index in [-0.39, 0.29) is 26.3 Å². The summed E-state index contributed by atoms with van der Waals surface area (Å²) in [4.78, 5) is 52.9. The Hall–Kier alpha value is -2.56. The van der Waals surface area contributed by atoms with Gasteiger partial charge in [-0.15, -0.1) is 0 Å². The molecule has 10 heteroatoms. The van der Waals surface area contributed by atoms with Crippen LogP contribution in [0.15, 0.2) is 20.0 Å². The molecule has 0 fully saturated rings. The smallest absolute Gasteiger partial charge is 0.237 e. The third-order valence-corrected chi connectivity index (χ3v) is 1.72. The summed E-state index contributed by atoms with van der Waals surface area (Å²) in [6, 6.07) is 0. The summed E-state index contributed by atoms with van der Waals surface area (Å²) in [6.45, 7) is -0.409. The van der Waals surface area contributed by atoms with Crippen molar-refractivity contribution in [1.82, 2.24) is 0 Å². The minimum atomic E-state index is -0.974. The first-order valence-corrected chi connectivity index (χ1v) is 5.23. The summed E-state index contributed by atoms with van der Waals surface area (Å²) >= 11 is 0. The van der Waals surface area contributed by atoms with E-state index in [1.165, 1.54) is 24.3 Å². The fourth-order valence-corrected chi connectivity index (χ4v) is 0.978. The maximum atomic E-state index is 10.1. The molecule has 0 heterocycles. The van der Waals surface area contributed by atoms with Crippen molar-refractivity contribution in [3.05, 3.63) is 0 Å². The average Bonchev–Trinajstić information content (AvgIpc) is 2.46. The number of carbonyl (C=O) groups excluding carboxylic acids is 4. The quantitative estimate of drug-likeness (QED) is 0.271. The Morgan fingerprint density at radius 2 is 1.10 bits per heavy atom. The Morgan fingerprint density at radius 3 is 1.40 bits per heavy atom. The highest BCUT2D eigenvalue weighted by atomic mass is 16.5. The lowest BCUT2D eigenvalue weighted by molar-refractivity contribution is -0.0114. The van der Waals surface area contributed by atoms with Crippen molar-refractivity contribution < 1.29 is 28.7 Å². The normalized spacial score (nSPS) is 11.8. The van der Waals surface area contributed by atoms with E-state index in [0.717, 1.165) is 0 Å². The summed E-state index contributed by atoms with van der Waals surface area (Å²) in [5.74, 6) is 0. The Labute approximate surface area is 112 Å². The molecule has 0 saturated carbocycles. The number of hydrogen-bond acceptors (Lipinski definition) is 10. The van der Waals surface area contributed by atoms with Gasteiger partial charge in [0, 0.05) is 0 Å². The predicted molar refractivity (Wildman–Crippen MR) is 61.7 cm³/mol. The van der Waals surface area contributed by atoms with Crippen molar-refractivity contribution in [3.63, 3.8) is 0 Å². The Balaban J connectivity index is 4.11. The van der Waals surface area contributed by atoms with Gasteiger partial charge < -0.3 is 9.47 Å². The molecule has 0 spiro atoms. The van der Waals surface area contributed by atoms with E-state index >= 15 is 0 Å². The van der Waals surface area contributed by atoms with Gasteiger partial charge in [-0.25, -0.2) is 29.2 Å². The van der Waals surface area contributed by atoms with E-state index in [4.69, 9.17) is 9.47 Å². The number of isocyanates is 4. The Kier molecular flexibility index (Phi) is 11.2. The van der Waals surface area contributed by atoms with Crippen LogP contribution in [-0.4, -0.2) is 63.1 Å². The molecule has 0 bridgehead atoms. The molecule has 0 aromatic carbocycles. The second-order valence-corrected chi connectivity index (χ2v) is 2.96. The van der Waals surface area contributed by atoms with E-state index in [1.54, 1.807) is 0 Å². The van der Waals surface area contributed by atoms with Crippen LogP contribution in [-0.2, 0) is 28.7 Å². The van der Waals surface area contributed by atoms with Gasteiger partial charge in [-0.3, -0.25) is 0 Å². The largest absolute Gasteiger partial charge is 0.351 e. The van der Waals surface area contributed by atoms with Gasteiger partial charge in [-0.1, -0.05) is 0 Å². The second-order valence-electron chi connectivity index (χ2n) is 2.96. The average molecular weight is 282 g/mol. The molecule has 0 N–H and O–H groups in total. The minimum absolute atomic E-state index is 0.0279. The maximum Gasteiger partial charge on any atom is 0.237 e. The summed E-state index contributed by atoms with van der Waals surface area (Å²) in [5.41, 5.74) is 0. The standard InChI is InChI=1S/C10H10N4O6/c15-5-11-3-9(13-7-17)19-1-2-20-10(14-8-18)4-12-6-16/h9-10H,1-4H2. The monoisotopic (exact) mass is 282 g/mol. The zero-order valence-electron chi connectivity index (χ0n) is 10.2. The summed E-state index contributed by atoms with van der Waals surface area (Å²) in [7, 11) is 0. The van der Waals surface area contributed by atoms with Crippen LogP contribution in [0.1, 0.15) is 0 Å². The van der Waals surface area contributed by atoms with Crippen LogP contribution in [0.5, 0.6) is 0 Å². The molecule has 0 aromatic rings. The minimum Gasteiger partial charge on any atom is -0.351 e. The van der Waals surface area contributed by atoms with E-state index in [9.17, 15) is 19.2 Å². The van der Waals surface area contributed by atoms with Crippen LogP contribution in [0.3, 0.4) is 0 Å². The van der Waals surface area contributed by atoms with Crippen LogP contribution < -0.4 is 0 Å². The van der Waals surface area contributed by atoms with Crippen LogP contribution >= 0.6 is 0 Å². The molecule has 20 heavy (non-hydrogen) atoms. The fourth-order valence-electron chi connectivity index (χ4n) is 0.978. The molecular formula is C10H10N4O6. The first-order valence-electron chi connectivity index (χ1n) is 5.23. The first kappa shape index (κ1) is 17.4. The van der Waals surface area contributed by atoms with Crippen molar-refractivity contribution >= 4 is 24.3 Å². The van der Waals surface area contributed by atoms with Gasteiger partial charge in [0.05, 0.1) is 26.3 Å². The molecule has 0 radical (unpaired) electrons. The molecule has 0 saturated heterocycles. The molecule has 0 aromatic heterocycles. The van der Waals surface area contributed by atoms with E-state index in [2.05, 4.69) is 20.0 Å². The molecule has 106 valence electrons. The lowest BCUT2D eigenvalue weighted by Crippen LogP contribution is -2.21. The molecular weight excluding hydrogens is 272 g/mol. The van der Waals surface area contributed by atoms with Crippen molar-refractivity contribution in [2.24, 2.45) is 20.0 Å². The van der Waals surface area contributed by atoms with Crippen LogP contribution in [0.2, 0.25) is 0 Å². The molecule has 10 nitrogen and oxygen atoms in total. The molecule has 0 amide bonds. The number of rotatable bonds is 11. The topological polar surface area (TPSA) is 136 Å². The van der Waals surface area contributed by atoms with Gasteiger partial charge in [0.25, 0.3) is 0 Å². The third-order valence-electron chi connectivity index (χ3n) is 1.72. The first-order chi connectivity index (χ1) is 9.78. The van der Waals surface area contributed by atoms with Gasteiger partial charge in [0.1, 0.15) is 0 Å². The lowest BCUT2D eigenvalue weighted by atomic mass is 10.5.